The lowest BCUT2D eigenvalue weighted by Crippen LogP contribution is -2.11. The number of rotatable bonds is 5. The molecule has 3 aromatic carbocycles. The highest BCUT2D eigenvalue weighted by atomic mass is 35.5. The third-order valence-electron chi connectivity index (χ3n) is 3.73. The molecule has 0 saturated carbocycles. The van der Waals surface area contributed by atoms with Crippen molar-refractivity contribution in [1.82, 2.24) is 0 Å². The van der Waals surface area contributed by atoms with Crippen molar-refractivity contribution in [3.05, 3.63) is 101 Å². The molecule has 0 atom stereocenters. The van der Waals surface area contributed by atoms with Crippen molar-refractivity contribution >= 4 is 23.2 Å². The van der Waals surface area contributed by atoms with Crippen molar-refractivity contribution in [2.24, 2.45) is 4.99 Å². The highest BCUT2D eigenvalue weighted by Crippen LogP contribution is 2.21. The Kier molecular flexibility index (Phi) is 6.29. The van der Waals surface area contributed by atoms with E-state index in [2.05, 4.69) is 4.99 Å². The summed E-state index contributed by atoms with van der Waals surface area (Å²) in [6.07, 6.45) is 1.64. The number of halogens is 1. The van der Waals surface area contributed by atoms with Gasteiger partial charge in [0.25, 0.3) is 0 Å². The molecule has 0 aliphatic carbocycles. The quantitative estimate of drug-likeness (QED) is 0.280. The van der Waals surface area contributed by atoms with E-state index in [0.717, 1.165) is 17.0 Å². The number of para-hydroxylation sites is 1. The molecule has 0 radical (unpaired) electrons. The Morgan fingerprint density at radius 1 is 0.889 bits per heavy atom. The van der Waals surface area contributed by atoms with E-state index < -0.39 is 0 Å². The first-order valence-corrected chi connectivity index (χ1v) is 8.95. The molecule has 0 heterocycles. The number of benzene rings is 3. The van der Waals surface area contributed by atoms with Crippen LogP contribution in [0.1, 0.15) is 12.5 Å². The van der Waals surface area contributed by atoms with Crippen LogP contribution in [-0.2, 0) is 0 Å². The molecule has 3 rings (SSSR count). The van der Waals surface area contributed by atoms with Crippen LogP contribution >= 0.6 is 11.6 Å². The Bertz CT molecular complexity index is 948. The second kappa shape index (κ2) is 9.06. The molecule has 3 aromatic rings. The Morgan fingerprint density at radius 3 is 2.33 bits per heavy atom. The van der Waals surface area contributed by atoms with Crippen molar-refractivity contribution in [2.75, 3.05) is 0 Å². The minimum atomic E-state index is 0.440. The molecule has 0 saturated heterocycles. The molecule has 0 fully saturated rings. The Hall–Kier alpha value is -3.04. The summed E-state index contributed by atoms with van der Waals surface area (Å²) < 4.78 is 11.7. The van der Waals surface area contributed by atoms with Crippen molar-refractivity contribution in [3.63, 3.8) is 0 Å². The van der Waals surface area contributed by atoms with Gasteiger partial charge in [-0.2, -0.15) is 0 Å². The average Bonchev–Trinajstić information content (AvgIpc) is 2.68. The lowest BCUT2D eigenvalue weighted by atomic mass is 10.2. The van der Waals surface area contributed by atoms with E-state index in [1.165, 1.54) is 5.56 Å². The number of ether oxygens (including phenoxy) is 2. The average molecular weight is 378 g/mol. The minimum absolute atomic E-state index is 0.440. The van der Waals surface area contributed by atoms with Gasteiger partial charge in [-0.1, -0.05) is 53.6 Å². The molecule has 0 aliphatic heterocycles. The summed E-state index contributed by atoms with van der Waals surface area (Å²) in [4.78, 5) is 4.61. The maximum absolute atomic E-state index is 6.06. The summed E-state index contributed by atoms with van der Waals surface area (Å²) in [7, 11) is 0. The van der Waals surface area contributed by atoms with Crippen molar-refractivity contribution in [1.29, 1.82) is 0 Å². The van der Waals surface area contributed by atoms with Crippen molar-refractivity contribution < 1.29 is 9.47 Å². The first-order chi connectivity index (χ1) is 13.1. The zero-order valence-corrected chi connectivity index (χ0v) is 16.0. The van der Waals surface area contributed by atoms with Gasteiger partial charge in [-0.05, 0) is 56.3 Å². The molecule has 0 aromatic heterocycles. The first-order valence-electron chi connectivity index (χ1n) is 8.58. The minimum Gasteiger partial charge on any atom is -0.465 e. The highest BCUT2D eigenvalue weighted by Gasteiger charge is 2.08. The monoisotopic (exact) mass is 377 g/mol. The number of aryl methyl sites for hydroxylation is 1. The molecule has 136 valence electrons. The van der Waals surface area contributed by atoms with Crippen LogP contribution < -0.4 is 9.47 Å². The van der Waals surface area contributed by atoms with Gasteiger partial charge in [0.1, 0.15) is 11.5 Å². The normalized spacial score (nSPS) is 12.0. The second-order valence-corrected chi connectivity index (χ2v) is 6.48. The predicted octanol–water partition coefficient (Wildman–Crippen LogP) is 6.74. The Labute approximate surface area is 164 Å². The van der Waals surface area contributed by atoms with E-state index in [-0.39, 0.29) is 0 Å². The molecule has 4 heteroatoms. The van der Waals surface area contributed by atoms with Gasteiger partial charge in [-0.25, -0.2) is 4.99 Å². The third-order valence-corrected chi connectivity index (χ3v) is 3.96. The molecular weight excluding hydrogens is 358 g/mol. The van der Waals surface area contributed by atoms with E-state index in [1.807, 2.05) is 80.6 Å². The van der Waals surface area contributed by atoms with Crippen LogP contribution in [0.4, 0.5) is 5.69 Å². The maximum atomic E-state index is 6.06. The molecule has 0 spiro atoms. The standard InChI is InChI=1S/C23H20ClNO2/c1-17-11-13-21(14-12-17)26-16-18(2)23(25-20-8-4-3-5-9-20)27-22-10-6-7-19(24)15-22/h3-16H,1-2H3/b18-16+,25-23?. The zero-order valence-electron chi connectivity index (χ0n) is 15.2. The highest BCUT2D eigenvalue weighted by molar-refractivity contribution is 6.30. The summed E-state index contributed by atoms with van der Waals surface area (Å²) in [5.74, 6) is 1.80. The van der Waals surface area contributed by atoms with Crippen LogP contribution in [0.2, 0.25) is 5.02 Å². The zero-order chi connectivity index (χ0) is 19.1. The number of aliphatic imine (C=N–C) groups is 1. The second-order valence-electron chi connectivity index (χ2n) is 6.04. The Morgan fingerprint density at radius 2 is 1.63 bits per heavy atom. The smallest absolute Gasteiger partial charge is 0.225 e. The molecule has 0 aliphatic rings. The summed E-state index contributed by atoms with van der Waals surface area (Å²) in [5, 5.41) is 0.601. The van der Waals surface area contributed by atoms with Gasteiger partial charge in [-0.3, -0.25) is 0 Å². The molecular formula is C23H20ClNO2. The fraction of sp³-hybridized carbons (Fsp3) is 0.0870. The lowest BCUT2D eigenvalue weighted by molar-refractivity contribution is 0.473. The largest absolute Gasteiger partial charge is 0.465 e. The van der Waals surface area contributed by atoms with Crippen LogP contribution in [-0.4, -0.2) is 5.90 Å². The summed E-state index contributed by atoms with van der Waals surface area (Å²) in [6.45, 7) is 3.93. The van der Waals surface area contributed by atoms with E-state index >= 15 is 0 Å². The maximum Gasteiger partial charge on any atom is 0.225 e. The fourth-order valence-electron chi connectivity index (χ4n) is 2.28. The number of hydrogen-bond acceptors (Lipinski definition) is 3. The molecule has 0 N–H and O–H groups in total. The van der Waals surface area contributed by atoms with Gasteiger partial charge in [0.05, 0.1) is 11.9 Å². The summed E-state index contributed by atoms with van der Waals surface area (Å²) in [6, 6.07) is 24.7. The fourth-order valence-corrected chi connectivity index (χ4v) is 2.46. The third kappa shape index (κ3) is 5.73. The molecule has 0 unspecified atom stereocenters. The van der Waals surface area contributed by atoms with Crippen LogP contribution in [0.25, 0.3) is 0 Å². The topological polar surface area (TPSA) is 30.8 Å². The molecule has 3 nitrogen and oxygen atoms in total. The summed E-state index contributed by atoms with van der Waals surface area (Å²) in [5.41, 5.74) is 2.72. The lowest BCUT2D eigenvalue weighted by Gasteiger charge is -2.10. The van der Waals surface area contributed by atoms with Crippen LogP contribution in [0.15, 0.2) is 95.7 Å². The van der Waals surface area contributed by atoms with Gasteiger partial charge in [-0.15, -0.1) is 0 Å². The summed E-state index contributed by atoms with van der Waals surface area (Å²) >= 11 is 6.06. The van der Waals surface area contributed by atoms with E-state index in [9.17, 15) is 0 Å². The molecule has 0 amide bonds. The van der Waals surface area contributed by atoms with E-state index in [0.29, 0.717) is 16.7 Å². The predicted molar refractivity (Wildman–Crippen MR) is 111 cm³/mol. The van der Waals surface area contributed by atoms with Crippen molar-refractivity contribution in [3.8, 4) is 11.5 Å². The van der Waals surface area contributed by atoms with E-state index in [1.54, 1.807) is 18.4 Å². The van der Waals surface area contributed by atoms with Gasteiger partial charge < -0.3 is 9.47 Å². The molecule has 0 bridgehead atoms. The van der Waals surface area contributed by atoms with Gasteiger partial charge in [0, 0.05) is 10.6 Å². The number of nitrogens with zero attached hydrogens (tertiary/aromatic N) is 1. The van der Waals surface area contributed by atoms with Crippen LogP contribution in [0.3, 0.4) is 0 Å². The van der Waals surface area contributed by atoms with E-state index in [4.69, 9.17) is 21.1 Å². The van der Waals surface area contributed by atoms with Crippen LogP contribution in [0.5, 0.6) is 11.5 Å². The van der Waals surface area contributed by atoms with Gasteiger partial charge in [0.2, 0.25) is 5.90 Å². The van der Waals surface area contributed by atoms with Gasteiger partial charge >= 0.3 is 0 Å². The molecule has 27 heavy (non-hydrogen) atoms. The van der Waals surface area contributed by atoms with Crippen LogP contribution in [0, 0.1) is 6.92 Å². The number of hydrogen-bond donors (Lipinski definition) is 0. The van der Waals surface area contributed by atoms with Crippen molar-refractivity contribution in [2.45, 2.75) is 13.8 Å². The first kappa shape index (κ1) is 18.7. The SMILES string of the molecule is C/C(=C\Oc1ccc(C)cc1)C(=Nc1ccccc1)Oc1cccc(Cl)c1. The van der Waals surface area contributed by atoms with Gasteiger partial charge in [0.15, 0.2) is 0 Å². The Balaban J connectivity index is 1.87.